The van der Waals surface area contributed by atoms with E-state index in [2.05, 4.69) is 17.1 Å². The minimum absolute atomic E-state index is 0.161. The lowest BCUT2D eigenvalue weighted by Crippen LogP contribution is -2.64. The first-order valence-corrected chi connectivity index (χ1v) is 6.36. The highest BCUT2D eigenvalue weighted by molar-refractivity contribution is 5.76. The standard InChI is InChI=1S/C12H22N2O2/c1-2-5-12(16)8-14(9-12)10-4-3-6-13-11(15)7-10/h10,16H,2-9H2,1H3,(H,13,15). The number of hydrogen-bond acceptors (Lipinski definition) is 3. The summed E-state index contributed by atoms with van der Waals surface area (Å²) in [4.78, 5) is 13.7. The molecule has 1 amide bonds. The largest absolute Gasteiger partial charge is 0.387 e. The average Bonchev–Trinajstić information content (AvgIpc) is 2.39. The number of amides is 1. The smallest absolute Gasteiger partial charge is 0.221 e. The minimum Gasteiger partial charge on any atom is -0.387 e. The van der Waals surface area contributed by atoms with Crippen molar-refractivity contribution < 1.29 is 9.90 Å². The van der Waals surface area contributed by atoms with Gasteiger partial charge in [0.25, 0.3) is 0 Å². The van der Waals surface area contributed by atoms with Gasteiger partial charge in [-0.05, 0) is 19.3 Å². The normalized spacial score (nSPS) is 30.4. The van der Waals surface area contributed by atoms with Crippen LogP contribution >= 0.6 is 0 Å². The lowest BCUT2D eigenvalue weighted by atomic mass is 9.86. The monoisotopic (exact) mass is 226 g/mol. The molecule has 2 fully saturated rings. The van der Waals surface area contributed by atoms with Crippen molar-refractivity contribution in [3.63, 3.8) is 0 Å². The van der Waals surface area contributed by atoms with Gasteiger partial charge < -0.3 is 10.4 Å². The Hall–Kier alpha value is -0.610. The molecule has 16 heavy (non-hydrogen) atoms. The van der Waals surface area contributed by atoms with E-state index < -0.39 is 5.60 Å². The summed E-state index contributed by atoms with van der Waals surface area (Å²) in [6.07, 6.45) is 4.63. The third-order valence-corrected chi connectivity index (χ3v) is 3.68. The number of nitrogens with one attached hydrogen (secondary N) is 1. The number of likely N-dealkylation sites (tertiary alicyclic amines) is 1. The molecular formula is C12H22N2O2. The molecule has 0 bridgehead atoms. The summed E-state index contributed by atoms with van der Waals surface area (Å²) in [5, 5.41) is 13.0. The highest BCUT2D eigenvalue weighted by Gasteiger charge is 2.43. The quantitative estimate of drug-likeness (QED) is 0.737. The molecule has 1 unspecified atom stereocenters. The molecule has 0 aromatic rings. The van der Waals surface area contributed by atoms with Crippen LogP contribution < -0.4 is 5.32 Å². The van der Waals surface area contributed by atoms with E-state index in [4.69, 9.17) is 0 Å². The Bertz CT molecular complexity index is 262. The van der Waals surface area contributed by atoms with Crippen molar-refractivity contribution in [1.82, 2.24) is 10.2 Å². The number of β-amino-alcohol motifs (C(OH)–C–C–N with tert-alkyl or cyclic N) is 1. The molecule has 0 radical (unpaired) electrons. The van der Waals surface area contributed by atoms with Crippen molar-refractivity contribution in [1.29, 1.82) is 0 Å². The van der Waals surface area contributed by atoms with Gasteiger partial charge in [0.05, 0.1) is 5.60 Å². The third-order valence-electron chi connectivity index (χ3n) is 3.68. The molecule has 2 aliphatic heterocycles. The van der Waals surface area contributed by atoms with Gasteiger partial charge in [-0.15, -0.1) is 0 Å². The number of nitrogens with zero attached hydrogens (tertiary/aromatic N) is 1. The molecule has 2 aliphatic rings. The van der Waals surface area contributed by atoms with Crippen LogP contribution in [0.1, 0.15) is 39.0 Å². The molecule has 2 rings (SSSR count). The molecule has 0 aromatic carbocycles. The maximum atomic E-state index is 11.4. The van der Waals surface area contributed by atoms with Gasteiger partial charge in [-0.3, -0.25) is 9.69 Å². The van der Waals surface area contributed by atoms with Crippen molar-refractivity contribution in [2.75, 3.05) is 19.6 Å². The SMILES string of the molecule is CCCC1(O)CN(C2CCCNC(=O)C2)C1. The van der Waals surface area contributed by atoms with Gasteiger partial charge in [-0.1, -0.05) is 13.3 Å². The Morgan fingerprint density at radius 3 is 3.00 bits per heavy atom. The van der Waals surface area contributed by atoms with E-state index in [-0.39, 0.29) is 5.91 Å². The first-order chi connectivity index (χ1) is 7.63. The minimum atomic E-state index is -0.475. The lowest BCUT2D eigenvalue weighted by molar-refractivity contribution is -0.133. The van der Waals surface area contributed by atoms with E-state index in [1.165, 1.54) is 0 Å². The molecule has 1 atom stereocenters. The van der Waals surface area contributed by atoms with Crippen LogP contribution in [0.4, 0.5) is 0 Å². The Balaban J connectivity index is 1.83. The van der Waals surface area contributed by atoms with Gasteiger partial charge >= 0.3 is 0 Å². The molecule has 0 aliphatic carbocycles. The summed E-state index contributed by atoms with van der Waals surface area (Å²) in [5.74, 6) is 0.161. The lowest BCUT2D eigenvalue weighted by Gasteiger charge is -2.50. The zero-order valence-electron chi connectivity index (χ0n) is 10.0. The van der Waals surface area contributed by atoms with Crippen LogP contribution in [0.25, 0.3) is 0 Å². The average molecular weight is 226 g/mol. The van der Waals surface area contributed by atoms with Crippen molar-refractivity contribution in [2.24, 2.45) is 0 Å². The van der Waals surface area contributed by atoms with Crippen LogP contribution in [0.15, 0.2) is 0 Å². The molecule has 92 valence electrons. The van der Waals surface area contributed by atoms with Crippen LogP contribution in [0, 0.1) is 0 Å². The number of hydrogen-bond donors (Lipinski definition) is 2. The summed E-state index contributed by atoms with van der Waals surface area (Å²) in [6.45, 7) is 4.40. The zero-order chi connectivity index (χ0) is 11.6. The highest BCUT2D eigenvalue weighted by Crippen LogP contribution is 2.30. The summed E-state index contributed by atoms with van der Waals surface area (Å²) in [6, 6.07) is 0.347. The van der Waals surface area contributed by atoms with Gasteiger partial charge in [0.1, 0.15) is 0 Å². The van der Waals surface area contributed by atoms with Gasteiger partial charge in [0.15, 0.2) is 0 Å². The highest BCUT2D eigenvalue weighted by atomic mass is 16.3. The Morgan fingerprint density at radius 2 is 2.31 bits per heavy atom. The zero-order valence-corrected chi connectivity index (χ0v) is 10.0. The second-order valence-electron chi connectivity index (χ2n) is 5.23. The maximum absolute atomic E-state index is 11.4. The van der Waals surface area contributed by atoms with Gasteiger partial charge in [-0.2, -0.15) is 0 Å². The van der Waals surface area contributed by atoms with Crippen molar-refractivity contribution in [2.45, 2.75) is 50.7 Å². The predicted octanol–water partition coefficient (Wildman–Crippen LogP) is 0.502. The van der Waals surface area contributed by atoms with Crippen LogP contribution in [0.5, 0.6) is 0 Å². The van der Waals surface area contributed by atoms with E-state index >= 15 is 0 Å². The summed E-state index contributed by atoms with van der Waals surface area (Å²) < 4.78 is 0. The molecule has 4 heteroatoms. The summed E-state index contributed by atoms with van der Waals surface area (Å²) in [5.41, 5.74) is -0.475. The van der Waals surface area contributed by atoms with Gasteiger partial charge in [-0.25, -0.2) is 0 Å². The molecule has 2 heterocycles. The first kappa shape index (κ1) is 11.9. The molecular weight excluding hydrogens is 204 g/mol. The second kappa shape index (κ2) is 4.72. The first-order valence-electron chi connectivity index (χ1n) is 6.36. The van der Waals surface area contributed by atoms with Crippen molar-refractivity contribution >= 4 is 5.91 Å². The molecule has 0 aromatic heterocycles. The fourth-order valence-electron chi connectivity index (χ4n) is 2.86. The molecule has 0 spiro atoms. The van der Waals surface area contributed by atoms with Crippen LogP contribution in [0.2, 0.25) is 0 Å². The molecule has 0 saturated carbocycles. The molecule has 2 N–H and O–H groups in total. The van der Waals surface area contributed by atoms with E-state index in [9.17, 15) is 9.90 Å². The van der Waals surface area contributed by atoms with E-state index in [1.807, 2.05) is 0 Å². The van der Waals surface area contributed by atoms with Gasteiger partial charge in [0, 0.05) is 32.1 Å². The number of carbonyl (C=O) groups excluding carboxylic acids is 1. The summed E-state index contributed by atoms with van der Waals surface area (Å²) in [7, 11) is 0. The Morgan fingerprint density at radius 1 is 1.56 bits per heavy atom. The van der Waals surface area contributed by atoms with Crippen LogP contribution in [-0.2, 0) is 4.79 Å². The maximum Gasteiger partial charge on any atom is 0.221 e. The predicted molar refractivity (Wildman–Crippen MR) is 62.1 cm³/mol. The van der Waals surface area contributed by atoms with Crippen molar-refractivity contribution in [3.8, 4) is 0 Å². The fourth-order valence-corrected chi connectivity index (χ4v) is 2.86. The molecule has 4 nitrogen and oxygen atoms in total. The van der Waals surface area contributed by atoms with Gasteiger partial charge in [0.2, 0.25) is 5.91 Å². The summed E-state index contributed by atoms with van der Waals surface area (Å²) >= 11 is 0. The van der Waals surface area contributed by atoms with Crippen molar-refractivity contribution in [3.05, 3.63) is 0 Å². The fraction of sp³-hybridized carbons (Fsp3) is 0.917. The van der Waals surface area contributed by atoms with E-state index in [0.29, 0.717) is 12.5 Å². The van der Waals surface area contributed by atoms with E-state index in [1.54, 1.807) is 0 Å². The second-order valence-corrected chi connectivity index (χ2v) is 5.23. The third kappa shape index (κ3) is 2.55. The Labute approximate surface area is 97.0 Å². The Kier molecular flexibility index (Phi) is 3.50. The topological polar surface area (TPSA) is 52.6 Å². The number of aliphatic hydroxyl groups is 1. The number of rotatable bonds is 3. The molecule has 2 saturated heterocycles. The van der Waals surface area contributed by atoms with E-state index in [0.717, 1.165) is 45.3 Å². The van der Waals surface area contributed by atoms with Crippen LogP contribution in [-0.4, -0.2) is 47.2 Å². The van der Waals surface area contributed by atoms with Crippen LogP contribution in [0.3, 0.4) is 0 Å². The number of carbonyl (C=O) groups is 1.